The van der Waals surface area contributed by atoms with E-state index in [9.17, 15) is 22.8 Å². The van der Waals surface area contributed by atoms with Gasteiger partial charge in [0.2, 0.25) is 0 Å². The van der Waals surface area contributed by atoms with Gasteiger partial charge in [0.1, 0.15) is 22.3 Å². The van der Waals surface area contributed by atoms with E-state index in [-0.39, 0.29) is 27.9 Å². The number of fused-ring (bicyclic) bond motifs is 2. The van der Waals surface area contributed by atoms with Crippen molar-refractivity contribution in [1.82, 2.24) is 0 Å². The van der Waals surface area contributed by atoms with Crippen LogP contribution in [0.15, 0.2) is 51.8 Å². The maximum Gasteiger partial charge on any atom is 0.412 e. The summed E-state index contributed by atoms with van der Waals surface area (Å²) >= 11 is 0. The third-order valence-corrected chi connectivity index (χ3v) is 8.61. The lowest BCUT2D eigenvalue weighted by Crippen LogP contribution is -2.52. The zero-order valence-electron chi connectivity index (χ0n) is 23.7. The summed E-state index contributed by atoms with van der Waals surface area (Å²) in [6.45, 7) is 9.26. The van der Waals surface area contributed by atoms with Gasteiger partial charge in [0.15, 0.2) is 11.6 Å². The number of benzene rings is 2. The zero-order chi connectivity index (χ0) is 29.3. The standard InChI is InChI=1S/C30H37N3O6S/c1-6-8-16-30(17-9-7-2)21-13-11-10-12-20(21)25(34)24(26(30)35)27-32-22-15-14-19(18-23(22)40(37,38)33-27)31-28(36)39-29(3,4)5/h10-15,18,24H,6-9,16-17H2,1-5H3,(H,31,36)(H,32,33). The van der Waals surface area contributed by atoms with E-state index in [1.807, 2.05) is 12.1 Å². The molecule has 10 heteroatoms. The predicted octanol–water partition coefficient (Wildman–Crippen LogP) is 6.25. The highest BCUT2D eigenvalue weighted by Crippen LogP contribution is 2.45. The highest BCUT2D eigenvalue weighted by Gasteiger charge is 2.53. The Balaban J connectivity index is 1.74. The molecule has 214 valence electrons. The summed E-state index contributed by atoms with van der Waals surface area (Å²) < 4.78 is 35.9. The second-order valence-corrected chi connectivity index (χ2v) is 13.0. The quantitative estimate of drug-likeness (QED) is 0.361. The Morgan fingerprint density at radius 3 is 2.33 bits per heavy atom. The lowest BCUT2D eigenvalue weighted by molar-refractivity contribution is -0.126. The summed E-state index contributed by atoms with van der Waals surface area (Å²) in [5.74, 6) is -2.34. The van der Waals surface area contributed by atoms with Crippen LogP contribution in [0.1, 0.15) is 89.1 Å². The zero-order valence-corrected chi connectivity index (χ0v) is 24.5. The smallest absolute Gasteiger partial charge is 0.412 e. The Morgan fingerprint density at radius 1 is 1.05 bits per heavy atom. The van der Waals surface area contributed by atoms with Crippen molar-refractivity contribution < 1.29 is 27.5 Å². The maximum atomic E-state index is 14.3. The van der Waals surface area contributed by atoms with Crippen LogP contribution in [0.5, 0.6) is 0 Å². The molecule has 0 radical (unpaired) electrons. The fourth-order valence-corrected chi connectivity index (χ4v) is 6.63. The summed E-state index contributed by atoms with van der Waals surface area (Å²) in [4.78, 5) is 40.1. The van der Waals surface area contributed by atoms with E-state index in [1.54, 1.807) is 32.9 Å². The molecule has 0 saturated carbocycles. The van der Waals surface area contributed by atoms with Gasteiger partial charge in [0.25, 0.3) is 10.0 Å². The molecule has 4 rings (SSSR count). The van der Waals surface area contributed by atoms with Crippen LogP contribution in [0.4, 0.5) is 16.2 Å². The van der Waals surface area contributed by atoms with Gasteiger partial charge in [-0.15, -0.1) is 4.40 Å². The predicted molar refractivity (Wildman–Crippen MR) is 155 cm³/mol. The van der Waals surface area contributed by atoms with Crippen molar-refractivity contribution >= 4 is 44.9 Å². The summed E-state index contributed by atoms with van der Waals surface area (Å²) in [5, 5.41) is 5.49. The molecule has 0 fully saturated rings. The number of nitrogens with one attached hydrogen (secondary N) is 2. The molecule has 2 aliphatic rings. The summed E-state index contributed by atoms with van der Waals surface area (Å²) in [6, 6.07) is 11.4. The van der Waals surface area contributed by atoms with Gasteiger partial charge in [-0.1, -0.05) is 63.8 Å². The Hall–Kier alpha value is -3.53. The molecule has 9 nitrogen and oxygen atoms in total. The molecular weight excluding hydrogens is 530 g/mol. The van der Waals surface area contributed by atoms with E-state index in [0.29, 0.717) is 18.4 Å². The molecule has 1 heterocycles. The molecule has 1 aliphatic carbocycles. The Labute approximate surface area is 235 Å². The third-order valence-electron chi connectivity index (χ3n) is 7.28. The number of amidine groups is 1. The van der Waals surface area contributed by atoms with Gasteiger partial charge in [0, 0.05) is 11.3 Å². The molecule has 0 aromatic heterocycles. The Bertz CT molecular complexity index is 1460. The van der Waals surface area contributed by atoms with Gasteiger partial charge < -0.3 is 10.1 Å². The fourth-order valence-electron chi connectivity index (χ4n) is 5.45. The van der Waals surface area contributed by atoms with E-state index >= 15 is 0 Å². The number of hydrogen-bond acceptors (Lipinski definition) is 7. The monoisotopic (exact) mass is 567 g/mol. The van der Waals surface area contributed by atoms with Crippen molar-refractivity contribution in [3.05, 3.63) is 53.6 Å². The topological polar surface area (TPSA) is 131 Å². The van der Waals surface area contributed by atoms with Crippen LogP contribution >= 0.6 is 0 Å². The van der Waals surface area contributed by atoms with Crippen molar-refractivity contribution in [2.24, 2.45) is 10.3 Å². The number of carbonyl (C=O) groups excluding carboxylic acids is 3. The number of Topliss-reactive ketones (excluding diaryl/α,β-unsaturated/α-hetero) is 2. The molecule has 0 spiro atoms. The largest absolute Gasteiger partial charge is 0.444 e. The summed E-state index contributed by atoms with van der Waals surface area (Å²) in [6.07, 6.45) is 3.74. The maximum absolute atomic E-state index is 14.3. The van der Waals surface area contributed by atoms with E-state index in [4.69, 9.17) is 4.74 Å². The minimum absolute atomic E-state index is 0.173. The minimum Gasteiger partial charge on any atom is -0.444 e. The van der Waals surface area contributed by atoms with Gasteiger partial charge in [0.05, 0.1) is 11.1 Å². The molecule has 0 bridgehead atoms. The molecule has 2 aromatic rings. The lowest BCUT2D eigenvalue weighted by Gasteiger charge is -2.41. The Morgan fingerprint density at radius 2 is 1.70 bits per heavy atom. The van der Waals surface area contributed by atoms with E-state index in [2.05, 4.69) is 28.9 Å². The van der Waals surface area contributed by atoms with Crippen LogP contribution in [0.3, 0.4) is 0 Å². The summed E-state index contributed by atoms with van der Waals surface area (Å²) in [7, 11) is -4.30. The van der Waals surface area contributed by atoms with Crippen molar-refractivity contribution in [1.29, 1.82) is 0 Å². The van der Waals surface area contributed by atoms with Gasteiger partial charge >= 0.3 is 6.09 Å². The average molecular weight is 568 g/mol. The van der Waals surface area contributed by atoms with Crippen molar-refractivity contribution in [3.63, 3.8) is 0 Å². The van der Waals surface area contributed by atoms with E-state index < -0.39 is 38.8 Å². The first kappa shape index (κ1) is 29.5. The van der Waals surface area contributed by atoms with E-state index in [1.165, 1.54) is 18.2 Å². The molecule has 0 saturated heterocycles. The number of nitrogens with zero attached hydrogens (tertiary/aromatic N) is 1. The number of hydrogen-bond donors (Lipinski definition) is 2. The van der Waals surface area contributed by atoms with E-state index in [0.717, 1.165) is 31.2 Å². The van der Waals surface area contributed by atoms with Gasteiger partial charge in [-0.05, 0) is 57.4 Å². The minimum atomic E-state index is -4.30. The molecule has 2 N–H and O–H groups in total. The average Bonchev–Trinajstić information content (AvgIpc) is 2.87. The second-order valence-electron chi connectivity index (χ2n) is 11.4. The van der Waals surface area contributed by atoms with Crippen LogP contribution in [0.25, 0.3) is 0 Å². The van der Waals surface area contributed by atoms with Crippen LogP contribution in [0.2, 0.25) is 0 Å². The fraction of sp³-hybridized carbons (Fsp3) is 0.467. The first-order valence-corrected chi connectivity index (χ1v) is 15.2. The number of anilines is 2. The molecule has 1 atom stereocenters. The van der Waals surface area contributed by atoms with Crippen molar-refractivity contribution in [2.75, 3.05) is 10.6 Å². The van der Waals surface area contributed by atoms with Crippen LogP contribution in [-0.2, 0) is 25.0 Å². The molecular formula is C30H37N3O6S. The number of amides is 1. The molecule has 1 amide bonds. The van der Waals surface area contributed by atoms with Crippen LogP contribution in [0, 0.1) is 5.92 Å². The second kappa shape index (κ2) is 11.2. The van der Waals surface area contributed by atoms with Gasteiger partial charge in [-0.2, -0.15) is 8.42 Å². The van der Waals surface area contributed by atoms with Gasteiger partial charge in [-0.25, -0.2) is 4.79 Å². The lowest BCUT2D eigenvalue weighted by atomic mass is 9.60. The van der Waals surface area contributed by atoms with Crippen molar-refractivity contribution in [3.8, 4) is 0 Å². The highest BCUT2D eigenvalue weighted by molar-refractivity contribution is 7.90. The summed E-state index contributed by atoms with van der Waals surface area (Å²) in [5.41, 5.74) is -0.103. The molecule has 2 aromatic carbocycles. The number of sulfonamides is 1. The van der Waals surface area contributed by atoms with Crippen molar-refractivity contribution in [2.45, 2.75) is 89.1 Å². The normalized spacial score (nSPS) is 19.1. The Kier molecular flexibility index (Phi) is 8.21. The molecule has 40 heavy (non-hydrogen) atoms. The molecule has 1 aliphatic heterocycles. The number of ketones is 2. The number of unbranched alkanes of at least 4 members (excludes halogenated alkanes) is 2. The first-order chi connectivity index (χ1) is 18.8. The number of ether oxygens (including phenoxy) is 1. The third kappa shape index (κ3) is 5.68. The van der Waals surface area contributed by atoms with Crippen LogP contribution < -0.4 is 10.6 Å². The number of rotatable bonds is 8. The highest BCUT2D eigenvalue weighted by atomic mass is 32.2. The van der Waals surface area contributed by atoms with Crippen LogP contribution in [-0.4, -0.2) is 37.5 Å². The number of carbonyl (C=O) groups is 3. The molecule has 1 unspecified atom stereocenters. The SMILES string of the molecule is CCCCC1(CCCC)C(=O)C(C2=NS(=O)(=O)c3cc(NC(=O)OC(C)(C)C)ccc3N2)C(=O)c2ccccc21. The van der Waals surface area contributed by atoms with Gasteiger partial charge in [-0.3, -0.25) is 14.9 Å². The first-order valence-electron chi connectivity index (χ1n) is 13.8.